The SMILES string of the molecule is O=C1CCC=C2C3C=CC(C3)CN12. The van der Waals surface area contributed by atoms with E-state index in [0.717, 1.165) is 13.0 Å². The average molecular weight is 175 g/mol. The van der Waals surface area contributed by atoms with Crippen molar-refractivity contribution in [3.63, 3.8) is 0 Å². The number of hydrogen-bond acceptors (Lipinski definition) is 1. The van der Waals surface area contributed by atoms with Gasteiger partial charge in [-0.1, -0.05) is 18.2 Å². The minimum atomic E-state index is 0.330. The number of carbonyl (C=O) groups excluding carboxylic acids is 1. The Morgan fingerprint density at radius 3 is 3.23 bits per heavy atom. The molecule has 0 radical (unpaired) electrons. The van der Waals surface area contributed by atoms with Crippen molar-refractivity contribution < 1.29 is 4.79 Å². The van der Waals surface area contributed by atoms with Gasteiger partial charge in [0.1, 0.15) is 0 Å². The van der Waals surface area contributed by atoms with Gasteiger partial charge in [-0.25, -0.2) is 0 Å². The summed E-state index contributed by atoms with van der Waals surface area (Å²) in [6, 6.07) is 0. The van der Waals surface area contributed by atoms with Crippen molar-refractivity contribution >= 4 is 5.91 Å². The second kappa shape index (κ2) is 2.47. The van der Waals surface area contributed by atoms with Crippen molar-refractivity contribution in [2.45, 2.75) is 19.3 Å². The summed E-state index contributed by atoms with van der Waals surface area (Å²) < 4.78 is 0. The maximum absolute atomic E-state index is 11.6. The Labute approximate surface area is 77.9 Å². The van der Waals surface area contributed by atoms with Crippen LogP contribution in [0, 0.1) is 11.8 Å². The van der Waals surface area contributed by atoms with E-state index in [2.05, 4.69) is 18.2 Å². The van der Waals surface area contributed by atoms with Crippen LogP contribution in [-0.2, 0) is 4.79 Å². The molecule has 1 saturated heterocycles. The Hall–Kier alpha value is -1.05. The number of piperidine rings is 1. The zero-order valence-corrected chi connectivity index (χ0v) is 7.57. The lowest BCUT2D eigenvalue weighted by Gasteiger charge is -2.37. The fourth-order valence-corrected chi connectivity index (χ4v) is 2.66. The predicted molar refractivity (Wildman–Crippen MR) is 49.8 cm³/mol. The monoisotopic (exact) mass is 175 g/mol. The molecule has 0 aromatic heterocycles. The number of hydrogen-bond donors (Lipinski definition) is 0. The molecule has 2 aliphatic heterocycles. The van der Waals surface area contributed by atoms with Crippen LogP contribution >= 0.6 is 0 Å². The van der Waals surface area contributed by atoms with Crippen molar-refractivity contribution in [1.82, 2.24) is 4.90 Å². The average Bonchev–Trinajstić information content (AvgIpc) is 2.51. The minimum absolute atomic E-state index is 0.330. The Morgan fingerprint density at radius 1 is 1.38 bits per heavy atom. The number of nitrogens with zero attached hydrogens (tertiary/aromatic N) is 1. The van der Waals surface area contributed by atoms with Crippen LogP contribution in [0.3, 0.4) is 0 Å². The van der Waals surface area contributed by atoms with Gasteiger partial charge in [-0.05, 0) is 18.8 Å². The topological polar surface area (TPSA) is 20.3 Å². The quantitative estimate of drug-likeness (QED) is 0.513. The van der Waals surface area contributed by atoms with Gasteiger partial charge in [0.05, 0.1) is 0 Å². The first kappa shape index (κ1) is 7.36. The van der Waals surface area contributed by atoms with Gasteiger partial charge in [0, 0.05) is 24.6 Å². The van der Waals surface area contributed by atoms with Gasteiger partial charge in [0.25, 0.3) is 0 Å². The Balaban J connectivity index is 2.00. The van der Waals surface area contributed by atoms with Gasteiger partial charge < -0.3 is 4.90 Å². The molecule has 0 aromatic carbocycles. The standard InChI is InChI=1S/C11H13NO/c13-11-3-1-2-10-9-5-4-8(6-9)7-12(10)11/h2,4-5,8-9H,1,3,6-7H2. The lowest BCUT2D eigenvalue weighted by Crippen LogP contribution is -2.41. The summed E-state index contributed by atoms with van der Waals surface area (Å²) in [7, 11) is 0. The first-order valence-corrected chi connectivity index (χ1v) is 5.03. The molecule has 1 fully saturated rings. The van der Waals surface area contributed by atoms with Crippen LogP contribution < -0.4 is 0 Å². The molecule has 2 heteroatoms. The molecule has 68 valence electrons. The van der Waals surface area contributed by atoms with Crippen LogP contribution in [0.15, 0.2) is 23.9 Å². The molecule has 13 heavy (non-hydrogen) atoms. The maximum Gasteiger partial charge on any atom is 0.227 e. The largest absolute Gasteiger partial charge is 0.315 e. The third kappa shape index (κ3) is 0.978. The molecule has 0 saturated carbocycles. The molecule has 0 spiro atoms. The molecule has 2 nitrogen and oxygen atoms in total. The molecule has 2 unspecified atom stereocenters. The lowest BCUT2D eigenvalue weighted by atomic mass is 9.90. The van der Waals surface area contributed by atoms with E-state index < -0.39 is 0 Å². The third-order valence-corrected chi connectivity index (χ3v) is 3.29. The first-order chi connectivity index (χ1) is 6.34. The predicted octanol–water partition coefficient (Wildman–Crippen LogP) is 1.70. The number of amides is 1. The van der Waals surface area contributed by atoms with E-state index in [4.69, 9.17) is 0 Å². The molecule has 2 bridgehead atoms. The van der Waals surface area contributed by atoms with E-state index in [1.165, 1.54) is 12.1 Å². The van der Waals surface area contributed by atoms with Gasteiger partial charge >= 0.3 is 0 Å². The number of carbonyl (C=O) groups is 1. The minimum Gasteiger partial charge on any atom is -0.315 e. The number of allylic oxidation sites excluding steroid dienone is 2. The van der Waals surface area contributed by atoms with E-state index >= 15 is 0 Å². The highest BCUT2D eigenvalue weighted by atomic mass is 16.2. The maximum atomic E-state index is 11.6. The summed E-state index contributed by atoms with van der Waals surface area (Å²) >= 11 is 0. The Bertz CT molecular complexity index is 316. The van der Waals surface area contributed by atoms with E-state index in [9.17, 15) is 4.79 Å². The first-order valence-electron chi connectivity index (χ1n) is 5.03. The van der Waals surface area contributed by atoms with Crippen molar-refractivity contribution in [3.05, 3.63) is 23.9 Å². The van der Waals surface area contributed by atoms with Crippen molar-refractivity contribution in [2.75, 3.05) is 6.54 Å². The number of rotatable bonds is 0. The van der Waals surface area contributed by atoms with E-state index in [1.807, 2.05) is 4.90 Å². The van der Waals surface area contributed by atoms with Gasteiger partial charge in [0.2, 0.25) is 5.91 Å². The van der Waals surface area contributed by atoms with Crippen LogP contribution in [0.4, 0.5) is 0 Å². The van der Waals surface area contributed by atoms with Gasteiger partial charge in [-0.2, -0.15) is 0 Å². The van der Waals surface area contributed by atoms with Crippen LogP contribution in [-0.4, -0.2) is 17.4 Å². The summed E-state index contributed by atoms with van der Waals surface area (Å²) in [5, 5.41) is 0. The van der Waals surface area contributed by atoms with E-state index in [1.54, 1.807) is 0 Å². The fourth-order valence-electron chi connectivity index (χ4n) is 2.66. The van der Waals surface area contributed by atoms with Crippen LogP contribution in [0.1, 0.15) is 19.3 Å². The molecule has 2 atom stereocenters. The summed E-state index contributed by atoms with van der Waals surface area (Å²) in [6.45, 7) is 0.928. The molecule has 3 aliphatic rings. The van der Waals surface area contributed by atoms with Crippen molar-refractivity contribution in [3.8, 4) is 0 Å². The van der Waals surface area contributed by atoms with Crippen LogP contribution in [0.5, 0.6) is 0 Å². The van der Waals surface area contributed by atoms with Crippen molar-refractivity contribution in [1.29, 1.82) is 0 Å². The highest BCUT2D eigenvalue weighted by Gasteiger charge is 2.36. The molecule has 0 N–H and O–H groups in total. The molecule has 0 aromatic rings. The summed E-state index contributed by atoms with van der Waals surface area (Å²) in [4.78, 5) is 13.6. The summed E-state index contributed by atoms with van der Waals surface area (Å²) in [5.74, 6) is 1.50. The van der Waals surface area contributed by atoms with Crippen molar-refractivity contribution in [2.24, 2.45) is 11.8 Å². The molecule has 1 amide bonds. The molecular formula is C11H13NO. The van der Waals surface area contributed by atoms with E-state index in [-0.39, 0.29) is 0 Å². The van der Waals surface area contributed by atoms with Gasteiger partial charge in [0.15, 0.2) is 0 Å². The molecule has 2 heterocycles. The zero-order valence-electron chi connectivity index (χ0n) is 7.57. The molecule has 3 rings (SSSR count). The van der Waals surface area contributed by atoms with Gasteiger partial charge in [-0.3, -0.25) is 4.79 Å². The molecule has 1 aliphatic carbocycles. The second-order valence-corrected chi connectivity index (χ2v) is 4.16. The van der Waals surface area contributed by atoms with Crippen LogP contribution in [0.25, 0.3) is 0 Å². The third-order valence-electron chi connectivity index (χ3n) is 3.29. The summed E-state index contributed by atoms with van der Waals surface area (Å²) in [6.07, 6.45) is 9.68. The number of fused-ring (bicyclic) bond motifs is 4. The highest BCUT2D eigenvalue weighted by molar-refractivity contribution is 5.80. The Kier molecular flexibility index (Phi) is 1.40. The second-order valence-electron chi connectivity index (χ2n) is 4.16. The normalized spacial score (nSPS) is 36.2. The van der Waals surface area contributed by atoms with E-state index in [0.29, 0.717) is 24.2 Å². The lowest BCUT2D eigenvalue weighted by molar-refractivity contribution is -0.131. The zero-order chi connectivity index (χ0) is 8.84. The Morgan fingerprint density at radius 2 is 2.31 bits per heavy atom. The highest BCUT2D eigenvalue weighted by Crippen LogP contribution is 2.39. The summed E-state index contributed by atoms with van der Waals surface area (Å²) in [5.41, 5.74) is 1.28. The fraction of sp³-hybridized carbons (Fsp3) is 0.545. The smallest absolute Gasteiger partial charge is 0.227 e. The van der Waals surface area contributed by atoms with Crippen LogP contribution in [0.2, 0.25) is 0 Å². The molecular weight excluding hydrogens is 162 g/mol. The van der Waals surface area contributed by atoms with Gasteiger partial charge in [-0.15, -0.1) is 0 Å².